The summed E-state index contributed by atoms with van der Waals surface area (Å²) in [6.45, 7) is 22.9. The van der Waals surface area contributed by atoms with Crippen molar-refractivity contribution >= 4 is 14.3 Å². The Kier molecular flexibility index (Phi) is 8.60. The van der Waals surface area contributed by atoms with Gasteiger partial charge in [0.25, 0.3) is 0 Å². The fourth-order valence-corrected chi connectivity index (χ4v) is 6.65. The van der Waals surface area contributed by atoms with E-state index in [9.17, 15) is 4.79 Å². The summed E-state index contributed by atoms with van der Waals surface area (Å²) in [6.07, 6.45) is 12.7. The van der Waals surface area contributed by atoms with Gasteiger partial charge in [0, 0.05) is 5.57 Å². The molecular weight excluding hydrogens is 400 g/mol. The highest BCUT2D eigenvalue weighted by atomic mass is 28.4. The molecule has 7 atom stereocenters. The molecule has 3 nitrogen and oxygen atoms in total. The molecule has 1 saturated carbocycles. The molecule has 0 amide bonds. The van der Waals surface area contributed by atoms with Crippen LogP contribution in [0.15, 0.2) is 36.0 Å². The van der Waals surface area contributed by atoms with Crippen LogP contribution >= 0.6 is 0 Å². The van der Waals surface area contributed by atoms with E-state index in [-0.39, 0.29) is 11.0 Å². The molecule has 0 aliphatic heterocycles. The molecule has 176 valence electrons. The highest BCUT2D eigenvalue weighted by Crippen LogP contribution is 2.51. The Labute approximate surface area is 192 Å². The fraction of sp³-hybridized carbons (Fsp3) is 0.741. The van der Waals surface area contributed by atoms with Crippen molar-refractivity contribution < 1.29 is 14.0 Å². The van der Waals surface area contributed by atoms with Crippen LogP contribution in [-0.2, 0) is 14.0 Å². The minimum absolute atomic E-state index is 0.220. The van der Waals surface area contributed by atoms with E-state index in [1.165, 1.54) is 6.42 Å². The smallest absolute Gasteiger partial charge is 0.333 e. The second kappa shape index (κ2) is 10.2. The summed E-state index contributed by atoms with van der Waals surface area (Å²) < 4.78 is 12.1. The van der Waals surface area contributed by atoms with E-state index in [4.69, 9.17) is 9.16 Å². The molecule has 0 aromatic heterocycles. The molecule has 0 N–H and O–H groups in total. The highest BCUT2D eigenvalue weighted by molar-refractivity contribution is 6.74. The SMILES string of the molecule is CCOC(=O)/C(C)=C/C=C/[C@@H]1[C@H]2[C@H](C)[C@@H](O[Si](C)(C)C(C)(C)C)[C@H](C)C[C@@H]2C=C[C@@H]1C. The van der Waals surface area contributed by atoms with E-state index in [1.54, 1.807) is 0 Å². The third-order valence-electron chi connectivity index (χ3n) is 8.05. The quantitative estimate of drug-likeness (QED) is 0.143. The molecule has 0 aromatic rings. The Bertz CT molecular complexity index is 712. The van der Waals surface area contributed by atoms with Crippen LogP contribution in [0.5, 0.6) is 0 Å². The Morgan fingerprint density at radius 1 is 1.16 bits per heavy atom. The summed E-state index contributed by atoms with van der Waals surface area (Å²) in [5.41, 5.74) is 0.651. The molecule has 0 saturated heterocycles. The molecule has 2 aliphatic carbocycles. The van der Waals surface area contributed by atoms with Crippen molar-refractivity contribution in [3.05, 3.63) is 36.0 Å². The lowest BCUT2D eigenvalue weighted by molar-refractivity contribution is -0.138. The topological polar surface area (TPSA) is 35.5 Å². The summed E-state index contributed by atoms with van der Waals surface area (Å²) in [4.78, 5) is 11.9. The van der Waals surface area contributed by atoms with Gasteiger partial charge in [0.15, 0.2) is 8.32 Å². The van der Waals surface area contributed by atoms with Gasteiger partial charge in [-0.3, -0.25) is 0 Å². The Balaban J connectivity index is 2.26. The first kappa shape index (κ1) is 26.1. The first-order chi connectivity index (χ1) is 14.3. The van der Waals surface area contributed by atoms with Crippen molar-refractivity contribution in [2.45, 2.75) is 86.0 Å². The predicted octanol–water partition coefficient (Wildman–Crippen LogP) is 7.17. The van der Waals surface area contributed by atoms with E-state index in [0.29, 0.717) is 53.8 Å². The van der Waals surface area contributed by atoms with E-state index in [2.05, 4.69) is 78.9 Å². The van der Waals surface area contributed by atoms with Crippen LogP contribution in [0.1, 0.15) is 61.8 Å². The third kappa shape index (κ3) is 6.01. The summed E-state index contributed by atoms with van der Waals surface area (Å²) in [6, 6.07) is 0. The normalized spacial score (nSPS) is 34.6. The largest absolute Gasteiger partial charge is 0.463 e. The van der Waals surface area contributed by atoms with Crippen LogP contribution in [0.2, 0.25) is 18.1 Å². The van der Waals surface area contributed by atoms with Crippen molar-refractivity contribution in [2.24, 2.45) is 35.5 Å². The maximum atomic E-state index is 11.9. The van der Waals surface area contributed by atoms with Crippen molar-refractivity contribution in [1.82, 2.24) is 0 Å². The summed E-state index contributed by atoms with van der Waals surface area (Å²) in [5, 5.41) is 0.220. The molecule has 0 bridgehead atoms. The molecule has 0 unspecified atom stereocenters. The van der Waals surface area contributed by atoms with Gasteiger partial charge in [-0.1, -0.05) is 71.9 Å². The fourth-order valence-electron chi connectivity index (χ4n) is 5.17. The van der Waals surface area contributed by atoms with Gasteiger partial charge in [0.1, 0.15) is 0 Å². The second-order valence-corrected chi connectivity index (χ2v) is 16.2. The number of hydrogen-bond donors (Lipinski definition) is 0. The van der Waals surface area contributed by atoms with Gasteiger partial charge in [-0.15, -0.1) is 0 Å². The number of carbonyl (C=O) groups excluding carboxylic acids is 1. The van der Waals surface area contributed by atoms with Gasteiger partial charge >= 0.3 is 5.97 Å². The minimum Gasteiger partial charge on any atom is -0.463 e. The number of esters is 1. The third-order valence-corrected chi connectivity index (χ3v) is 12.5. The van der Waals surface area contributed by atoms with Gasteiger partial charge < -0.3 is 9.16 Å². The molecule has 2 rings (SSSR count). The van der Waals surface area contributed by atoms with Crippen molar-refractivity contribution in [1.29, 1.82) is 0 Å². The zero-order chi connectivity index (χ0) is 23.6. The number of rotatable bonds is 6. The lowest BCUT2D eigenvalue weighted by Gasteiger charge is -2.52. The molecule has 0 aromatic carbocycles. The predicted molar refractivity (Wildman–Crippen MR) is 133 cm³/mol. The number of hydrogen-bond acceptors (Lipinski definition) is 3. The van der Waals surface area contributed by atoms with Crippen LogP contribution in [0.4, 0.5) is 0 Å². The average Bonchev–Trinajstić information content (AvgIpc) is 2.66. The van der Waals surface area contributed by atoms with Gasteiger partial charge in [-0.25, -0.2) is 4.79 Å². The summed E-state index contributed by atoms with van der Waals surface area (Å²) in [5.74, 6) is 2.94. The maximum Gasteiger partial charge on any atom is 0.333 e. The Hall–Kier alpha value is -1.13. The molecule has 0 heterocycles. The van der Waals surface area contributed by atoms with Crippen molar-refractivity contribution in [3.8, 4) is 0 Å². The molecule has 1 fully saturated rings. The lowest BCUT2D eigenvalue weighted by atomic mass is 9.58. The molecular formula is C27H46O3Si. The van der Waals surface area contributed by atoms with E-state index in [0.717, 1.165) is 0 Å². The number of fused-ring (bicyclic) bond motifs is 1. The van der Waals surface area contributed by atoms with E-state index < -0.39 is 8.32 Å². The van der Waals surface area contributed by atoms with Crippen LogP contribution in [-0.4, -0.2) is 27.0 Å². The van der Waals surface area contributed by atoms with Crippen LogP contribution in [0.3, 0.4) is 0 Å². The highest BCUT2D eigenvalue weighted by Gasteiger charge is 2.49. The van der Waals surface area contributed by atoms with Gasteiger partial charge in [0.05, 0.1) is 12.7 Å². The Morgan fingerprint density at radius 2 is 1.81 bits per heavy atom. The molecule has 0 radical (unpaired) electrons. The molecule has 31 heavy (non-hydrogen) atoms. The molecule has 2 aliphatic rings. The van der Waals surface area contributed by atoms with Crippen LogP contribution < -0.4 is 0 Å². The Morgan fingerprint density at radius 3 is 2.39 bits per heavy atom. The van der Waals surface area contributed by atoms with E-state index >= 15 is 0 Å². The average molecular weight is 447 g/mol. The van der Waals surface area contributed by atoms with E-state index in [1.807, 2.05) is 19.9 Å². The minimum atomic E-state index is -1.83. The van der Waals surface area contributed by atoms with Crippen LogP contribution in [0.25, 0.3) is 0 Å². The van der Waals surface area contributed by atoms with Gasteiger partial charge in [-0.05, 0) is 73.9 Å². The number of carbonyl (C=O) groups is 1. The zero-order valence-corrected chi connectivity index (χ0v) is 22.6. The monoisotopic (exact) mass is 446 g/mol. The van der Waals surface area contributed by atoms with Crippen LogP contribution in [0, 0.1) is 35.5 Å². The lowest BCUT2D eigenvalue weighted by Crippen LogP contribution is -2.53. The van der Waals surface area contributed by atoms with Crippen molar-refractivity contribution in [2.75, 3.05) is 6.61 Å². The zero-order valence-electron chi connectivity index (χ0n) is 21.6. The first-order valence-corrected chi connectivity index (χ1v) is 15.1. The summed E-state index contributed by atoms with van der Waals surface area (Å²) in [7, 11) is -1.83. The van der Waals surface area contributed by atoms with Crippen molar-refractivity contribution in [3.63, 3.8) is 0 Å². The van der Waals surface area contributed by atoms with Gasteiger partial charge in [0.2, 0.25) is 0 Å². The van der Waals surface area contributed by atoms with Gasteiger partial charge in [-0.2, -0.15) is 0 Å². The second-order valence-electron chi connectivity index (χ2n) is 11.4. The summed E-state index contributed by atoms with van der Waals surface area (Å²) >= 11 is 0. The first-order valence-electron chi connectivity index (χ1n) is 12.2. The number of ether oxygens (including phenoxy) is 1. The molecule has 0 spiro atoms. The number of allylic oxidation sites excluding steroid dienone is 5. The maximum absolute atomic E-state index is 11.9. The standard InChI is InChI=1S/C27H46O3Si/c1-11-29-26(28)19(3)13-12-14-23-18(2)15-16-22-17-20(4)25(21(5)24(22)23)30-31(9,10)27(6,7)8/h12-16,18,20-25H,11,17H2,1-10H3/b14-12+,19-13+/t18-,20+,21-,22-,23-,24-,25-/m0/s1. The molecule has 4 heteroatoms.